The first-order valence-corrected chi connectivity index (χ1v) is 9.96. The molecule has 1 aromatic rings. The van der Waals surface area contributed by atoms with Crippen LogP contribution in [-0.4, -0.2) is 83.3 Å². The number of benzene rings is 1. The lowest BCUT2D eigenvalue weighted by Crippen LogP contribution is -2.52. The molecule has 0 saturated carbocycles. The fraction of sp³-hybridized carbons (Fsp3) is 0.471. The number of nitrogens with one attached hydrogen (secondary N) is 1. The number of hydrogen-bond acceptors (Lipinski definition) is 5. The molecule has 2 fully saturated rings. The third kappa shape index (κ3) is 4.90. The SMILES string of the molecule is O=C(CN1CCN(C(=O)CN2CSCC2=O)CC1)Nc1ccccc1Cl. The average molecular weight is 397 g/mol. The lowest BCUT2D eigenvalue weighted by molar-refractivity contribution is -0.139. The van der Waals surface area contributed by atoms with Crippen molar-refractivity contribution in [3.63, 3.8) is 0 Å². The van der Waals surface area contributed by atoms with Crippen molar-refractivity contribution in [1.29, 1.82) is 0 Å². The Labute approximate surface area is 161 Å². The van der Waals surface area contributed by atoms with E-state index in [9.17, 15) is 14.4 Å². The first-order valence-electron chi connectivity index (χ1n) is 8.43. The zero-order chi connectivity index (χ0) is 18.5. The molecule has 2 aliphatic heterocycles. The largest absolute Gasteiger partial charge is 0.339 e. The van der Waals surface area contributed by atoms with E-state index in [1.54, 1.807) is 21.9 Å². The summed E-state index contributed by atoms with van der Waals surface area (Å²) in [7, 11) is 0. The minimum absolute atomic E-state index is 0.0261. The number of carbonyl (C=O) groups excluding carboxylic acids is 3. The summed E-state index contributed by atoms with van der Waals surface area (Å²) >= 11 is 7.57. The molecule has 0 unspecified atom stereocenters. The molecule has 9 heteroatoms. The normalized spacial score (nSPS) is 18.3. The molecule has 7 nitrogen and oxygen atoms in total. The van der Waals surface area contributed by atoms with Gasteiger partial charge in [0.05, 0.1) is 28.9 Å². The number of amides is 3. The van der Waals surface area contributed by atoms with Gasteiger partial charge in [-0.15, -0.1) is 11.8 Å². The Morgan fingerprint density at radius 3 is 2.50 bits per heavy atom. The van der Waals surface area contributed by atoms with Crippen LogP contribution in [0.4, 0.5) is 5.69 Å². The van der Waals surface area contributed by atoms with Crippen molar-refractivity contribution in [2.24, 2.45) is 0 Å². The highest BCUT2D eigenvalue weighted by molar-refractivity contribution is 8.00. The van der Waals surface area contributed by atoms with Crippen LogP contribution < -0.4 is 5.32 Å². The number of hydrogen-bond donors (Lipinski definition) is 1. The van der Waals surface area contributed by atoms with Gasteiger partial charge < -0.3 is 15.1 Å². The highest BCUT2D eigenvalue weighted by Crippen LogP contribution is 2.20. The molecule has 2 heterocycles. The van der Waals surface area contributed by atoms with Gasteiger partial charge in [0.15, 0.2) is 0 Å². The average Bonchev–Trinajstić information content (AvgIpc) is 3.02. The lowest BCUT2D eigenvalue weighted by Gasteiger charge is -2.35. The maximum Gasteiger partial charge on any atom is 0.242 e. The van der Waals surface area contributed by atoms with Crippen LogP contribution in [0.15, 0.2) is 24.3 Å². The van der Waals surface area contributed by atoms with E-state index in [0.29, 0.717) is 48.5 Å². The number of nitrogens with zero attached hydrogens (tertiary/aromatic N) is 3. The van der Waals surface area contributed by atoms with Gasteiger partial charge >= 0.3 is 0 Å². The lowest BCUT2D eigenvalue weighted by atomic mass is 10.3. The van der Waals surface area contributed by atoms with Crippen LogP contribution in [0.25, 0.3) is 0 Å². The molecule has 2 saturated heterocycles. The molecule has 0 radical (unpaired) electrons. The van der Waals surface area contributed by atoms with E-state index < -0.39 is 0 Å². The highest BCUT2D eigenvalue weighted by Gasteiger charge is 2.27. The molecule has 0 aromatic heterocycles. The number of rotatable bonds is 5. The van der Waals surface area contributed by atoms with E-state index in [2.05, 4.69) is 5.32 Å². The quantitative estimate of drug-likeness (QED) is 0.802. The smallest absolute Gasteiger partial charge is 0.242 e. The first-order chi connectivity index (χ1) is 12.5. The molecule has 1 aromatic carbocycles. The second-order valence-electron chi connectivity index (χ2n) is 6.25. The predicted octanol–water partition coefficient (Wildman–Crippen LogP) is 0.956. The van der Waals surface area contributed by atoms with Crippen molar-refractivity contribution >= 4 is 46.8 Å². The van der Waals surface area contributed by atoms with Gasteiger partial charge in [0.2, 0.25) is 17.7 Å². The van der Waals surface area contributed by atoms with Gasteiger partial charge in [-0.3, -0.25) is 19.3 Å². The maximum atomic E-state index is 12.3. The third-order valence-corrected chi connectivity index (χ3v) is 5.67. The number of anilines is 1. The predicted molar refractivity (Wildman–Crippen MR) is 102 cm³/mol. The molecule has 26 heavy (non-hydrogen) atoms. The Kier molecular flexibility index (Phi) is 6.39. The van der Waals surface area contributed by atoms with Crippen LogP contribution >= 0.6 is 23.4 Å². The van der Waals surface area contributed by atoms with E-state index in [1.807, 2.05) is 17.0 Å². The van der Waals surface area contributed by atoms with Gasteiger partial charge in [0.25, 0.3) is 0 Å². The molecular formula is C17H21ClN4O3S. The van der Waals surface area contributed by atoms with Crippen LogP contribution in [0.3, 0.4) is 0 Å². The van der Waals surface area contributed by atoms with Crippen LogP contribution in [-0.2, 0) is 14.4 Å². The molecule has 0 bridgehead atoms. The highest BCUT2D eigenvalue weighted by atomic mass is 35.5. The third-order valence-electron chi connectivity index (χ3n) is 4.39. The fourth-order valence-corrected chi connectivity index (χ4v) is 4.00. The summed E-state index contributed by atoms with van der Waals surface area (Å²) in [5.74, 6) is 0.922. The number of carbonyl (C=O) groups is 3. The van der Waals surface area contributed by atoms with Gasteiger partial charge in [0.1, 0.15) is 6.54 Å². The second-order valence-corrected chi connectivity index (χ2v) is 7.62. The first kappa shape index (κ1) is 19.0. The number of para-hydroxylation sites is 1. The van der Waals surface area contributed by atoms with E-state index in [-0.39, 0.29) is 30.8 Å². The van der Waals surface area contributed by atoms with Crippen LogP contribution in [0.2, 0.25) is 5.02 Å². The van der Waals surface area contributed by atoms with Gasteiger partial charge in [-0.1, -0.05) is 23.7 Å². The summed E-state index contributed by atoms with van der Waals surface area (Å²) < 4.78 is 0. The molecular weight excluding hydrogens is 376 g/mol. The molecule has 2 aliphatic rings. The standard InChI is InChI=1S/C17H21ClN4O3S/c18-13-3-1-2-4-14(13)19-15(23)9-20-5-7-21(8-6-20)16(24)10-22-12-26-11-17(22)25/h1-4H,5-12H2,(H,19,23). The molecule has 0 atom stereocenters. The van der Waals surface area contributed by atoms with Gasteiger partial charge in [-0.25, -0.2) is 0 Å². The summed E-state index contributed by atoms with van der Waals surface area (Å²) in [6, 6.07) is 7.11. The monoisotopic (exact) mass is 396 g/mol. The molecule has 0 spiro atoms. The van der Waals surface area contributed by atoms with Gasteiger partial charge in [0, 0.05) is 26.2 Å². The van der Waals surface area contributed by atoms with Crippen molar-refractivity contribution in [2.75, 3.05) is 56.2 Å². The molecule has 3 amide bonds. The Balaban J connectivity index is 1.42. The van der Waals surface area contributed by atoms with E-state index >= 15 is 0 Å². The summed E-state index contributed by atoms with van der Waals surface area (Å²) in [6.45, 7) is 2.79. The molecule has 140 valence electrons. The number of piperazine rings is 1. The number of halogens is 1. The van der Waals surface area contributed by atoms with Crippen molar-refractivity contribution in [2.45, 2.75) is 0 Å². The van der Waals surface area contributed by atoms with E-state index in [1.165, 1.54) is 11.8 Å². The van der Waals surface area contributed by atoms with E-state index in [4.69, 9.17) is 11.6 Å². The van der Waals surface area contributed by atoms with Crippen molar-refractivity contribution in [1.82, 2.24) is 14.7 Å². The minimum Gasteiger partial charge on any atom is -0.339 e. The molecule has 3 rings (SSSR count). The fourth-order valence-electron chi connectivity index (χ4n) is 2.91. The summed E-state index contributed by atoms with van der Waals surface area (Å²) in [5.41, 5.74) is 0.598. The summed E-state index contributed by atoms with van der Waals surface area (Å²) in [5, 5.41) is 3.31. The van der Waals surface area contributed by atoms with Crippen molar-refractivity contribution in [3.05, 3.63) is 29.3 Å². The molecule has 1 N–H and O–H groups in total. The minimum atomic E-state index is -0.127. The molecule has 0 aliphatic carbocycles. The topological polar surface area (TPSA) is 73.0 Å². The summed E-state index contributed by atoms with van der Waals surface area (Å²) in [6.07, 6.45) is 0. The Bertz CT molecular complexity index is 694. The maximum absolute atomic E-state index is 12.3. The van der Waals surface area contributed by atoms with Crippen molar-refractivity contribution in [3.8, 4) is 0 Å². The van der Waals surface area contributed by atoms with Gasteiger partial charge in [-0.2, -0.15) is 0 Å². The van der Waals surface area contributed by atoms with Crippen LogP contribution in [0.1, 0.15) is 0 Å². The Morgan fingerprint density at radius 1 is 1.12 bits per heavy atom. The Morgan fingerprint density at radius 2 is 1.85 bits per heavy atom. The van der Waals surface area contributed by atoms with Gasteiger partial charge in [-0.05, 0) is 12.1 Å². The second kappa shape index (κ2) is 8.75. The zero-order valence-electron chi connectivity index (χ0n) is 14.3. The van der Waals surface area contributed by atoms with Crippen molar-refractivity contribution < 1.29 is 14.4 Å². The summed E-state index contributed by atoms with van der Waals surface area (Å²) in [4.78, 5) is 41.5. The Hall–Kier alpha value is -1.77. The van der Waals surface area contributed by atoms with E-state index in [0.717, 1.165) is 0 Å². The van der Waals surface area contributed by atoms with Crippen LogP contribution in [0, 0.1) is 0 Å². The zero-order valence-corrected chi connectivity index (χ0v) is 15.9. The van der Waals surface area contributed by atoms with Crippen LogP contribution in [0.5, 0.6) is 0 Å². The number of thioether (sulfide) groups is 1.